The normalized spacial score (nSPS) is 13.8. The van der Waals surface area contributed by atoms with Crippen LogP contribution in [0.1, 0.15) is 30.9 Å². The molecule has 1 N–H and O–H groups in total. The van der Waals surface area contributed by atoms with Gasteiger partial charge < -0.3 is 5.11 Å². The van der Waals surface area contributed by atoms with Crippen molar-refractivity contribution in [3.63, 3.8) is 0 Å². The SMILES string of the molecule is OC(CCCC(F)(F)F)c1ccc(Cl)cc1F. The largest absolute Gasteiger partial charge is 0.389 e. The van der Waals surface area contributed by atoms with E-state index in [1.807, 2.05) is 0 Å². The number of rotatable bonds is 4. The monoisotopic (exact) mass is 270 g/mol. The van der Waals surface area contributed by atoms with Gasteiger partial charge in [0.15, 0.2) is 0 Å². The Morgan fingerprint density at radius 3 is 2.47 bits per heavy atom. The molecule has 1 aromatic rings. The molecule has 0 saturated carbocycles. The summed E-state index contributed by atoms with van der Waals surface area (Å²) < 4.78 is 48.9. The van der Waals surface area contributed by atoms with Crippen LogP contribution >= 0.6 is 11.6 Å². The Bertz CT molecular complexity index is 378. The molecule has 0 heterocycles. The molecular weight excluding hydrogens is 260 g/mol. The van der Waals surface area contributed by atoms with Crippen LogP contribution in [0.25, 0.3) is 0 Å². The number of hydrogen-bond donors (Lipinski definition) is 1. The fraction of sp³-hybridized carbons (Fsp3) is 0.455. The van der Waals surface area contributed by atoms with Crippen molar-refractivity contribution < 1.29 is 22.7 Å². The Hall–Kier alpha value is -0.810. The zero-order chi connectivity index (χ0) is 13.1. The topological polar surface area (TPSA) is 20.2 Å². The van der Waals surface area contributed by atoms with Crippen molar-refractivity contribution in [3.8, 4) is 0 Å². The van der Waals surface area contributed by atoms with E-state index >= 15 is 0 Å². The van der Waals surface area contributed by atoms with Crippen LogP contribution in [0, 0.1) is 5.82 Å². The predicted octanol–water partition coefficient (Wildman–Crippen LogP) is 4.25. The van der Waals surface area contributed by atoms with Gasteiger partial charge in [-0.1, -0.05) is 17.7 Å². The summed E-state index contributed by atoms with van der Waals surface area (Å²) in [5.41, 5.74) is -0.0309. The second-order valence-corrected chi connectivity index (χ2v) is 4.13. The molecule has 0 bridgehead atoms. The van der Waals surface area contributed by atoms with E-state index in [2.05, 4.69) is 0 Å². The van der Waals surface area contributed by atoms with Gasteiger partial charge in [0.05, 0.1) is 6.10 Å². The molecule has 0 radical (unpaired) electrons. The maximum absolute atomic E-state index is 13.3. The lowest BCUT2D eigenvalue weighted by atomic mass is 10.0. The van der Waals surface area contributed by atoms with Gasteiger partial charge in [0.2, 0.25) is 0 Å². The molecule has 0 amide bonds. The van der Waals surface area contributed by atoms with E-state index in [0.29, 0.717) is 0 Å². The summed E-state index contributed by atoms with van der Waals surface area (Å²) >= 11 is 5.52. The van der Waals surface area contributed by atoms with Crippen LogP contribution in [0.4, 0.5) is 17.6 Å². The molecule has 0 aromatic heterocycles. The molecule has 0 fully saturated rings. The maximum atomic E-state index is 13.3. The lowest BCUT2D eigenvalue weighted by molar-refractivity contribution is -0.136. The van der Waals surface area contributed by atoms with Crippen LogP contribution in [0.15, 0.2) is 18.2 Å². The van der Waals surface area contributed by atoms with Crippen molar-refractivity contribution in [2.45, 2.75) is 31.5 Å². The summed E-state index contributed by atoms with van der Waals surface area (Å²) in [5.74, 6) is -0.711. The van der Waals surface area contributed by atoms with Gasteiger partial charge in [-0.2, -0.15) is 13.2 Å². The van der Waals surface area contributed by atoms with Crippen molar-refractivity contribution in [1.82, 2.24) is 0 Å². The first-order valence-electron chi connectivity index (χ1n) is 4.99. The van der Waals surface area contributed by atoms with E-state index in [1.165, 1.54) is 12.1 Å². The summed E-state index contributed by atoms with van der Waals surface area (Å²) in [6, 6.07) is 3.67. The van der Waals surface area contributed by atoms with Gasteiger partial charge in [-0.3, -0.25) is 0 Å². The predicted molar refractivity (Wildman–Crippen MR) is 56.3 cm³/mol. The summed E-state index contributed by atoms with van der Waals surface area (Å²) in [7, 11) is 0. The molecule has 0 aliphatic carbocycles. The minimum Gasteiger partial charge on any atom is -0.388 e. The first-order chi connectivity index (χ1) is 7.79. The van der Waals surface area contributed by atoms with E-state index < -0.39 is 24.5 Å². The summed E-state index contributed by atoms with van der Waals surface area (Å²) in [6.45, 7) is 0. The highest BCUT2D eigenvalue weighted by Crippen LogP contribution is 2.28. The summed E-state index contributed by atoms with van der Waals surface area (Å²) in [6.07, 6.45) is -6.86. The van der Waals surface area contributed by atoms with Crippen LogP contribution in [-0.4, -0.2) is 11.3 Å². The van der Waals surface area contributed by atoms with Crippen molar-refractivity contribution in [2.75, 3.05) is 0 Å². The number of halogens is 5. The first kappa shape index (κ1) is 14.3. The zero-order valence-electron chi connectivity index (χ0n) is 8.77. The van der Waals surface area contributed by atoms with Gasteiger partial charge in [0.25, 0.3) is 0 Å². The average molecular weight is 271 g/mol. The number of aliphatic hydroxyl groups excluding tert-OH is 1. The van der Waals surface area contributed by atoms with Crippen LogP contribution < -0.4 is 0 Å². The molecule has 0 saturated heterocycles. The third kappa shape index (κ3) is 4.91. The van der Waals surface area contributed by atoms with E-state index in [4.69, 9.17) is 11.6 Å². The Morgan fingerprint density at radius 1 is 1.29 bits per heavy atom. The number of aliphatic hydroxyl groups is 1. The highest BCUT2D eigenvalue weighted by molar-refractivity contribution is 6.30. The molecule has 1 rings (SSSR count). The van der Waals surface area contributed by atoms with Crippen molar-refractivity contribution in [2.24, 2.45) is 0 Å². The third-order valence-electron chi connectivity index (χ3n) is 2.26. The molecule has 0 spiro atoms. The van der Waals surface area contributed by atoms with Crippen LogP contribution in [0.2, 0.25) is 5.02 Å². The quantitative estimate of drug-likeness (QED) is 0.811. The highest BCUT2D eigenvalue weighted by atomic mass is 35.5. The average Bonchev–Trinajstić information content (AvgIpc) is 2.15. The Kier molecular flexibility index (Phi) is 4.77. The summed E-state index contributed by atoms with van der Waals surface area (Å²) in [5, 5.41) is 9.71. The van der Waals surface area contributed by atoms with Crippen LogP contribution in [0.5, 0.6) is 0 Å². The zero-order valence-corrected chi connectivity index (χ0v) is 9.52. The maximum Gasteiger partial charge on any atom is 0.389 e. The van der Waals surface area contributed by atoms with Gasteiger partial charge in [-0.25, -0.2) is 4.39 Å². The Balaban J connectivity index is 2.55. The fourth-order valence-electron chi connectivity index (χ4n) is 1.42. The fourth-order valence-corrected chi connectivity index (χ4v) is 1.58. The number of hydrogen-bond acceptors (Lipinski definition) is 1. The van der Waals surface area contributed by atoms with Gasteiger partial charge >= 0.3 is 6.18 Å². The van der Waals surface area contributed by atoms with E-state index in [0.717, 1.165) is 6.07 Å². The van der Waals surface area contributed by atoms with Gasteiger partial charge in [0.1, 0.15) is 5.82 Å². The highest BCUT2D eigenvalue weighted by Gasteiger charge is 2.27. The molecule has 1 nitrogen and oxygen atoms in total. The smallest absolute Gasteiger partial charge is 0.388 e. The summed E-state index contributed by atoms with van der Waals surface area (Å²) in [4.78, 5) is 0. The molecule has 1 atom stereocenters. The third-order valence-corrected chi connectivity index (χ3v) is 2.49. The number of alkyl halides is 3. The standard InChI is InChI=1S/C11H11ClF4O/c12-7-3-4-8(9(13)6-7)10(17)2-1-5-11(14,15)16/h3-4,6,10,17H,1-2,5H2. The second-order valence-electron chi connectivity index (χ2n) is 3.69. The minimum atomic E-state index is -4.25. The molecular formula is C11H11ClF4O. The van der Waals surface area contributed by atoms with Crippen LogP contribution in [-0.2, 0) is 0 Å². The molecule has 1 unspecified atom stereocenters. The minimum absolute atomic E-state index is 0.0309. The van der Waals surface area contributed by atoms with Gasteiger partial charge in [-0.05, 0) is 25.0 Å². The van der Waals surface area contributed by atoms with E-state index in [-0.39, 0.29) is 23.4 Å². The van der Waals surface area contributed by atoms with E-state index in [9.17, 15) is 22.7 Å². The van der Waals surface area contributed by atoms with Crippen LogP contribution in [0.3, 0.4) is 0 Å². The Morgan fingerprint density at radius 2 is 1.94 bits per heavy atom. The lowest BCUT2D eigenvalue weighted by Crippen LogP contribution is -2.08. The molecule has 0 aliphatic rings. The molecule has 6 heteroatoms. The molecule has 96 valence electrons. The van der Waals surface area contributed by atoms with Gasteiger partial charge in [-0.15, -0.1) is 0 Å². The molecule has 1 aromatic carbocycles. The van der Waals surface area contributed by atoms with Crippen molar-refractivity contribution in [3.05, 3.63) is 34.6 Å². The van der Waals surface area contributed by atoms with Crippen molar-refractivity contribution >= 4 is 11.6 Å². The number of benzene rings is 1. The van der Waals surface area contributed by atoms with E-state index in [1.54, 1.807) is 0 Å². The first-order valence-corrected chi connectivity index (χ1v) is 5.37. The molecule has 17 heavy (non-hydrogen) atoms. The Labute approximate surface area is 101 Å². The second kappa shape index (κ2) is 5.69. The lowest BCUT2D eigenvalue weighted by Gasteiger charge is -2.12. The van der Waals surface area contributed by atoms with Crippen molar-refractivity contribution in [1.29, 1.82) is 0 Å². The van der Waals surface area contributed by atoms with Gasteiger partial charge in [0, 0.05) is 17.0 Å². The molecule has 0 aliphatic heterocycles.